The van der Waals surface area contributed by atoms with Crippen molar-refractivity contribution in [1.82, 2.24) is 10.2 Å². The molecule has 9 heavy (non-hydrogen) atoms. The van der Waals surface area contributed by atoms with E-state index in [0.717, 1.165) is 11.4 Å². The predicted octanol–water partition coefficient (Wildman–Crippen LogP) is 0.894. The van der Waals surface area contributed by atoms with Crippen molar-refractivity contribution in [1.29, 1.82) is 0 Å². The van der Waals surface area contributed by atoms with Gasteiger partial charge in [0.2, 0.25) is 0 Å². The molecule has 46 valence electrons. The zero-order valence-corrected chi connectivity index (χ0v) is 5.31. The van der Waals surface area contributed by atoms with Crippen LogP contribution in [-0.4, -0.2) is 10.2 Å². The van der Waals surface area contributed by atoms with Crippen molar-refractivity contribution in [2.75, 3.05) is 0 Å². The lowest BCUT2D eigenvalue weighted by Crippen LogP contribution is -1.78. The van der Waals surface area contributed by atoms with E-state index in [1.165, 1.54) is 0 Å². The van der Waals surface area contributed by atoms with Crippen LogP contribution < -0.4 is 0 Å². The van der Waals surface area contributed by atoms with Crippen LogP contribution in [0.25, 0.3) is 0 Å². The lowest BCUT2D eigenvalue weighted by molar-refractivity contribution is 0.998. The van der Waals surface area contributed by atoms with Gasteiger partial charge in [-0.15, -0.1) is 12.3 Å². The molecule has 0 aliphatic heterocycles. The Morgan fingerprint density at radius 3 is 3.11 bits per heavy atom. The van der Waals surface area contributed by atoms with E-state index in [0.29, 0.717) is 6.42 Å². The molecule has 1 rings (SSSR count). The summed E-state index contributed by atoms with van der Waals surface area (Å²) in [5.41, 5.74) is 2.00. The number of hydrogen-bond acceptors (Lipinski definition) is 1. The molecule has 0 bridgehead atoms. The van der Waals surface area contributed by atoms with Gasteiger partial charge in [0.25, 0.3) is 0 Å². The molecule has 0 unspecified atom stereocenters. The van der Waals surface area contributed by atoms with E-state index in [9.17, 15) is 0 Å². The summed E-state index contributed by atoms with van der Waals surface area (Å²) in [6.45, 7) is 1.95. The molecule has 0 saturated carbocycles. The largest absolute Gasteiger partial charge is 0.283 e. The molecule has 0 spiro atoms. The third kappa shape index (κ3) is 1.33. The van der Waals surface area contributed by atoms with Crippen LogP contribution in [0.3, 0.4) is 0 Å². The van der Waals surface area contributed by atoms with Gasteiger partial charge < -0.3 is 0 Å². The molecule has 1 heterocycles. The molecule has 0 amide bonds. The summed E-state index contributed by atoms with van der Waals surface area (Å²) in [6, 6.07) is 1.94. The summed E-state index contributed by atoms with van der Waals surface area (Å²) in [5, 5.41) is 6.75. The number of nitrogens with zero attached hydrogens (tertiary/aromatic N) is 1. The summed E-state index contributed by atoms with van der Waals surface area (Å²) >= 11 is 0. The fraction of sp³-hybridized carbons (Fsp3) is 0.286. The number of H-pyrrole nitrogens is 1. The first-order valence-electron chi connectivity index (χ1n) is 2.77. The highest BCUT2D eigenvalue weighted by Gasteiger charge is 1.91. The van der Waals surface area contributed by atoms with Gasteiger partial charge in [0.05, 0.1) is 12.1 Å². The number of hydrogen-bond donors (Lipinski definition) is 1. The number of aryl methyl sites for hydroxylation is 1. The van der Waals surface area contributed by atoms with Crippen LogP contribution in [0.2, 0.25) is 0 Å². The molecule has 2 nitrogen and oxygen atoms in total. The minimum absolute atomic E-state index is 0.615. The van der Waals surface area contributed by atoms with Crippen LogP contribution in [0.1, 0.15) is 11.4 Å². The average molecular weight is 120 g/mol. The first-order valence-corrected chi connectivity index (χ1v) is 2.77. The summed E-state index contributed by atoms with van der Waals surface area (Å²) in [4.78, 5) is 0. The Morgan fingerprint density at radius 2 is 2.67 bits per heavy atom. The normalized spacial score (nSPS) is 8.89. The second-order valence-corrected chi connectivity index (χ2v) is 1.92. The molecular weight excluding hydrogens is 112 g/mol. The standard InChI is InChI=1S/C7H8N2/c1-3-4-7-5-6(2)8-9-7/h1,5H,4H2,2H3,(H,8,9). The Hall–Kier alpha value is -1.23. The Bertz CT molecular complexity index is 229. The molecule has 1 N–H and O–H groups in total. The van der Waals surface area contributed by atoms with Crippen molar-refractivity contribution in [3.8, 4) is 12.3 Å². The van der Waals surface area contributed by atoms with E-state index >= 15 is 0 Å². The van der Waals surface area contributed by atoms with Gasteiger partial charge in [-0.2, -0.15) is 5.10 Å². The van der Waals surface area contributed by atoms with Gasteiger partial charge in [-0.05, 0) is 13.0 Å². The van der Waals surface area contributed by atoms with Crippen molar-refractivity contribution in [2.45, 2.75) is 13.3 Å². The number of aromatic amines is 1. The van der Waals surface area contributed by atoms with Gasteiger partial charge in [0, 0.05) is 5.69 Å². The van der Waals surface area contributed by atoms with Crippen LogP contribution in [0, 0.1) is 19.3 Å². The van der Waals surface area contributed by atoms with Crippen LogP contribution in [0.4, 0.5) is 0 Å². The molecule has 0 fully saturated rings. The third-order valence-electron chi connectivity index (χ3n) is 1.04. The van der Waals surface area contributed by atoms with Gasteiger partial charge in [0.15, 0.2) is 0 Å². The van der Waals surface area contributed by atoms with Crippen molar-refractivity contribution in [2.24, 2.45) is 0 Å². The van der Waals surface area contributed by atoms with Gasteiger partial charge in [-0.3, -0.25) is 5.10 Å². The highest BCUT2D eigenvalue weighted by Crippen LogP contribution is 1.96. The minimum atomic E-state index is 0.615. The first-order chi connectivity index (χ1) is 4.33. The Labute approximate surface area is 54.3 Å². The fourth-order valence-corrected chi connectivity index (χ4v) is 0.670. The summed E-state index contributed by atoms with van der Waals surface area (Å²) < 4.78 is 0. The van der Waals surface area contributed by atoms with E-state index in [2.05, 4.69) is 16.1 Å². The summed E-state index contributed by atoms with van der Waals surface area (Å²) in [6.07, 6.45) is 5.68. The molecule has 0 radical (unpaired) electrons. The number of terminal acetylenes is 1. The maximum Gasteiger partial charge on any atom is 0.0743 e. The number of aromatic nitrogens is 2. The molecule has 2 heteroatoms. The van der Waals surface area contributed by atoms with Gasteiger partial charge >= 0.3 is 0 Å². The summed E-state index contributed by atoms with van der Waals surface area (Å²) in [7, 11) is 0. The molecule has 0 aliphatic carbocycles. The Kier molecular flexibility index (Phi) is 1.55. The molecule has 1 aromatic rings. The first kappa shape index (κ1) is 5.90. The molecular formula is C7H8N2. The van der Waals surface area contributed by atoms with Crippen molar-refractivity contribution < 1.29 is 0 Å². The van der Waals surface area contributed by atoms with Crippen molar-refractivity contribution in [3.63, 3.8) is 0 Å². The van der Waals surface area contributed by atoms with Gasteiger partial charge in [-0.25, -0.2) is 0 Å². The SMILES string of the molecule is C#CCc1cc(C)[nH]n1. The van der Waals surface area contributed by atoms with Crippen molar-refractivity contribution >= 4 is 0 Å². The molecule has 0 saturated heterocycles. The van der Waals surface area contributed by atoms with E-state index in [4.69, 9.17) is 6.42 Å². The topological polar surface area (TPSA) is 28.7 Å². The lowest BCUT2D eigenvalue weighted by atomic mass is 10.3. The van der Waals surface area contributed by atoms with Crippen molar-refractivity contribution in [3.05, 3.63) is 17.5 Å². The zero-order chi connectivity index (χ0) is 6.69. The second kappa shape index (κ2) is 2.36. The second-order valence-electron chi connectivity index (χ2n) is 1.92. The number of nitrogens with one attached hydrogen (secondary N) is 1. The maximum absolute atomic E-state index is 5.07. The predicted molar refractivity (Wildman–Crippen MR) is 35.9 cm³/mol. The number of rotatable bonds is 1. The minimum Gasteiger partial charge on any atom is -0.283 e. The fourth-order valence-electron chi connectivity index (χ4n) is 0.670. The molecule has 0 aromatic carbocycles. The monoisotopic (exact) mass is 120 g/mol. The van der Waals surface area contributed by atoms with E-state index in [1.807, 2.05) is 13.0 Å². The van der Waals surface area contributed by atoms with Crippen LogP contribution >= 0.6 is 0 Å². The van der Waals surface area contributed by atoms with Crippen LogP contribution in [0.15, 0.2) is 6.07 Å². The molecule has 0 atom stereocenters. The van der Waals surface area contributed by atoms with E-state index in [1.54, 1.807) is 0 Å². The van der Waals surface area contributed by atoms with Crippen LogP contribution in [0.5, 0.6) is 0 Å². The van der Waals surface area contributed by atoms with Crippen LogP contribution in [-0.2, 0) is 6.42 Å². The third-order valence-corrected chi connectivity index (χ3v) is 1.04. The van der Waals surface area contributed by atoms with E-state index < -0.39 is 0 Å². The summed E-state index contributed by atoms with van der Waals surface area (Å²) in [5.74, 6) is 2.51. The molecule has 0 aliphatic rings. The van der Waals surface area contributed by atoms with Gasteiger partial charge in [0.1, 0.15) is 0 Å². The zero-order valence-electron chi connectivity index (χ0n) is 5.31. The maximum atomic E-state index is 5.07. The Morgan fingerprint density at radius 1 is 1.89 bits per heavy atom. The Balaban J connectivity index is 2.76. The smallest absolute Gasteiger partial charge is 0.0743 e. The molecule has 1 aromatic heterocycles. The lowest BCUT2D eigenvalue weighted by Gasteiger charge is -1.77. The highest BCUT2D eigenvalue weighted by molar-refractivity contribution is 5.12. The van der Waals surface area contributed by atoms with E-state index in [-0.39, 0.29) is 0 Å². The van der Waals surface area contributed by atoms with Gasteiger partial charge in [-0.1, -0.05) is 0 Å². The quantitative estimate of drug-likeness (QED) is 0.548. The average Bonchev–Trinajstić information content (AvgIpc) is 2.17. The highest BCUT2D eigenvalue weighted by atomic mass is 15.1.